The highest BCUT2D eigenvalue weighted by Crippen LogP contribution is 2.61. The van der Waals surface area contributed by atoms with Gasteiger partial charge in [-0.15, -0.1) is 0 Å². The second-order valence-electron chi connectivity index (χ2n) is 10.3. The van der Waals surface area contributed by atoms with Gasteiger partial charge >= 0.3 is 23.5 Å². The van der Waals surface area contributed by atoms with Crippen LogP contribution < -0.4 is 16.0 Å². The van der Waals surface area contributed by atoms with Gasteiger partial charge in [0.05, 0.1) is 19.5 Å². The summed E-state index contributed by atoms with van der Waals surface area (Å²) in [5.74, 6) is -0.866. The molecule has 264 valence electrons. The Morgan fingerprint density at radius 3 is 2.25 bits per heavy atom. The van der Waals surface area contributed by atoms with Gasteiger partial charge in [-0.2, -0.15) is 8.88 Å². The summed E-state index contributed by atoms with van der Waals surface area (Å²) in [5.41, 5.74) is 11.1. The molecule has 11 N–H and O–H groups in total. The Morgan fingerprint density at radius 2 is 1.62 bits per heavy atom. The molecule has 0 spiro atoms. The monoisotopic (exact) mass is 744 g/mol. The zero-order valence-electron chi connectivity index (χ0n) is 23.9. The van der Waals surface area contributed by atoms with E-state index in [1.54, 1.807) is 0 Å². The molecule has 24 nitrogen and oxygen atoms in total. The number of aliphatic hydroxyl groups is 3. The molecule has 0 saturated carbocycles. The normalized spacial score (nSPS) is 29.3. The maximum absolute atomic E-state index is 13.4. The number of nitrogens with zero attached hydrogens (tertiary/aromatic N) is 5. The number of imidazole rings is 1. The van der Waals surface area contributed by atoms with Crippen molar-refractivity contribution in [2.24, 2.45) is 5.73 Å². The van der Waals surface area contributed by atoms with Crippen LogP contribution in [0.3, 0.4) is 0 Å². The van der Waals surface area contributed by atoms with Crippen LogP contribution in [0.5, 0.6) is 0 Å². The number of carbonyl (C=O) groups is 1. The molecule has 5 rings (SSSR count). The number of anilines is 1. The summed E-state index contributed by atoms with van der Waals surface area (Å²) in [6.07, 6.45) is -8.61. The second kappa shape index (κ2) is 13.8. The van der Waals surface area contributed by atoms with E-state index >= 15 is 0 Å². The molecule has 1 amide bonds. The molecule has 9 atom stereocenters. The van der Waals surface area contributed by atoms with Crippen molar-refractivity contribution in [1.29, 1.82) is 0 Å². The average molecular weight is 744 g/mol. The summed E-state index contributed by atoms with van der Waals surface area (Å²) in [6.45, 7) is -2.03. The predicted octanol–water partition coefficient (Wildman–Crippen LogP) is -2.90. The topological polar surface area (TPSA) is 365 Å². The summed E-state index contributed by atoms with van der Waals surface area (Å²) in [4.78, 5) is 61.0. The van der Waals surface area contributed by atoms with Gasteiger partial charge in [0.1, 0.15) is 47.9 Å². The van der Waals surface area contributed by atoms with Crippen molar-refractivity contribution in [3.05, 3.63) is 42.7 Å². The number of ether oxygens (including phenoxy) is 2. The molecular formula is C21H29N7O17P3+. The highest BCUT2D eigenvalue weighted by atomic mass is 31.3. The predicted molar refractivity (Wildman–Crippen MR) is 150 cm³/mol. The number of nitrogens with two attached hydrogens (primary N) is 2. The van der Waals surface area contributed by atoms with Crippen molar-refractivity contribution >= 4 is 46.4 Å². The van der Waals surface area contributed by atoms with Gasteiger partial charge in [-0.25, -0.2) is 28.6 Å². The van der Waals surface area contributed by atoms with Crippen molar-refractivity contribution in [3.63, 3.8) is 0 Å². The van der Waals surface area contributed by atoms with Crippen LogP contribution in [0.1, 0.15) is 22.8 Å². The number of aliphatic hydroxyl groups excluding tert-OH is 3. The lowest BCUT2D eigenvalue weighted by molar-refractivity contribution is -0.765. The molecule has 5 heterocycles. The lowest BCUT2D eigenvalue weighted by Gasteiger charge is -2.23. The van der Waals surface area contributed by atoms with Crippen molar-refractivity contribution in [1.82, 2.24) is 19.5 Å². The first-order valence-electron chi connectivity index (χ1n) is 13.3. The molecule has 2 saturated heterocycles. The molecule has 0 aliphatic carbocycles. The molecule has 1 unspecified atom stereocenters. The van der Waals surface area contributed by atoms with Crippen molar-refractivity contribution in [2.75, 3.05) is 18.9 Å². The number of aromatic nitrogens is 5. The third-order valence-electron chi connectivity index (χ3n) is 6.97. The summed E-state index contributed by atoms with van der Waals surface area (Å²) < 4.78 is 69.4. The highest BCUT2D eigenvalue weighted by molar-refractivity contribution is 7.61. The fraction of sp³-hybridized carbons (Fsp3) is 0.476. The molecule has 27 heteroatoms. The van der Waals surface area contributed by atoms with Crippen molar-refractivity contribution in [2.45, 2.75) is 49.1 Å². The number of carbonyl (C=O) groups excluding carboxylic acids is 1. The summed E-state index contributed by atoms with van der Waals surface area (Å²) in [7, 11) is -16.3. The number of phosphoric acid groups is 3. The largest absolute Gasteiger partial charge is 0.483 e. The smallest absolute Gasteiger partial charge is 0.387 e. The van der Waals surface area contributed by atoms with Gasteiger partial charge < -0.3 is 55.8 Å². The molecule has 3 aromatic rings. The standard InChI is InChI=1S/C21H28N7O17P3/c22-17-12-19(25-7-24-17)28(8-26-12)21-16(44-46(33,34)35)14(30)11(43-21)6-41-48(39,45-47(36,37)38)40-5-10-13(29)15(31)20(42-10)27-3-1-2-9(4-27)18(23)32/h1-4,7-8,10-11,13-16,20-21,29-31H,5-6H2,(H7-,22,23,24,25,32,33,34,35,36,37,38)/p+1/t10-,11-,13-,14-,15-,16-,20-,21-,48?/m1/s1. The maximum Gasteiger partial charge on any atom is 0.483 e. The maximum atomic E-state index is 13.4. The fourth-order valence-corrected chi connectivity index (χ4v) is 7.56. The molecule has 48 heavy (non-hydrogen) atoms. The van der Waals surface area contributed by atoms with E-state index in [9.17, 15) is 53.4 Å². The Hall–Kier alpha value is -2.86. The van der Waals surface area contributed by atoms with E-state index in [0.717, 1.165) is 17.2 Å². The van der Waals surface area contributed by atoms with E-state index in [0.29, 0.717) is 0 Å². The van der Waals surface area contributed by atoms with Crippen LogP contribution in [0.4, 0.5) is 5.82 Å². The summed E-state index contributed by atoms with van der Waals surface area (Å²) in [5, 5.41) is 32.0. The number of hydrogen-bond donors (Lipinski definition) is 9. The van der Waals surface area contributed by atoms with Gasteiger partial charge in [0.25, 0.3) is 12.1 Å². The van der Waals surface area contributed by atoms with E-state index in [2.05, 4.69) is 19.3 Å². The number of primary amides is 1. The molecule has 2 aliphatic rings. The summed E-state index contributed by atoms with van der Waals surface area (Å²) in [6, 6.07) is 2.78. The Labute approximate surface area is 267 Å². The molecule has 2 aliphatic heterocycles. The Bertz CT molecular complexity index is 1800. The number of rotatable bonds is 13. The highest BCUT2D eigenvalue weighted by Gasteiger charge is 2.52. The number of nitrogen functional groups attached to an aromatic ring is 1. The fourth-order valence-electron chi connectivity index (χ4n) is 4.86. The number of phosphoric ester groups is 2. The zero-order valence-corrected chi connectivity index (χ0v) is 26.6. The number of amides is 1. The van der Waals surface area contributed by atoms with Gasteiger partial charge in [0.2, 0.25) is 0 Å². The van der Waals surface area contributed by atoms with Gasteiger partial charge in [0, 0.05) is 6.07 Å². The van der Waals surface area contributed by atoms with Crippen LogP contribution in [0.15, 0.2) is 37.2 Å². The number of hydrogen-bond acceptors (Lipinski definition) is 17. The third kappa shape index (κ3) is 8.12. The van der Waals surface area contributed by atoms with Crippen molar-refractivity contribution < 1.29 is 85.3 Å². The van der Waals surface area contributed by atoms with Crippen LogP contribution in [0.2, 0.25) is 0 Å². The quantitative estimate of drug-likeness (QED) is 0.0626. The first-order chi connectivity index (χ1) is 22.4. The molecule has 0 aromatic carbocycles. The van der Waals surface area contributed by atoms with Gasteiger partial charge in [-0.05, 0) is 6.07 Å². The van der Waals surface area contributed by atoms with Crippen LogP contribution in [0.25, 0.3) is 11.2 Å². The minimum absolute atomic E-state index is 0.00505. The first kappa shape index (κ1) is 36.4. The molecular weight excluding hydrogens is 715 g/mol. The molecule has 3 aromatic heterocycles. The first-order valence-corrected chi connectivity index (χ1v) is 17.9. The average Bonchev–Trinajstić information content (AvgIpc) is 3.64. The number of fused-ring (bicyclic) bond motifs is 1. The summed E-state index contributed by atoms with van der Waals surface area (Å²) >= 11 is 0. The molecule has 2 fully saturated rings. The minimum Gasteiger partial charge on any atom is -0.387 e. The van der Waals surface area contributed by atoms with Gasteiger partial charge in [-0.1, -0.05) is 0 Å². The Kier molecular flexibility index (Phi) is 10.5. The third-order valence-corrected chi connectivity index (χ3v) is 10.1. The molecule has 0 radical (unpaired) electrons. The van der Waals surface area contributed by atoms with E-state index in [1.165, 1.54) is 29.1 Å². The van der Waals surface area contributed by atoms with Crippen LogP contribution in [-0.4, -0.2) is 110 Å². The van der Waals surface area contributed by atoms with Crippen molar-refractivity contribution in [3.8, 4) is 0 Å². The van der Waals surface area contributed by atoms with Crippen LogP contribution >= 0.6 is 23.5 Å². The van der Waals surface area contributed by atoms with Crippen LogP contribution in [-0.2, 0) is 41.1 Å². The lowest BCUT2D eigenvalue weighted by atomic mass is 10.1. The zero-order chi connectivity index (χ0) is 35.2. The van der Waals surface area contributed by atoms with E-state index in [-0.39, 0.29) is 22.5 Å². The Balaban J connectivity index is 1.32. The van der Waals surface area contributed by atoms with E-state index in [1.807, 2.05) is 0 Å². The molecule has 0 bridgehead atoms. The lowest BCUT2D eigenvalue weighted by Crippen LogP contribution is -2.46. The van der Waals surface area contributed by atoms with E-state index in [4.69, 9.17) is 34.5 Å². The SMILES string of the molecule is NC(=O)c1ccc[n+]([C@@H]2O[C@H](COP(=O)(OC[C@H]3O[C@@H](n4cnc5c(N)ncnc54)[C@H](OP(=O)(O)O)[C@@H]3O)OP(=O)(O)O)[C@@H](O)[C@H]2O)c1. The minimum atomic E-state index is -5.63. The van der Waals surface area contributed by atoms with Gasteiger partial charge in [0.15, 0.2) is 36.2 Å². The number of pyridine rings is 1. The van der Waals surface area contributed by atoms with Crippen LogP contribution in [0, 0.1) is 0 Å². The van der Waals surface area contributed by atoms with Gasteiger partial charge in [-0.3, -0.25) is 22.9 Å². The second-order valence-corrected chi connectivity index (χ2v) is 14.5. The Morgan fingerprint density at radius 1 is 0.958 bits per heavy atom. The van der Waals surface area contributed by atoms with E-state index < -0.39 is 91.7 Å².